The number of unbranched alkanes of at least 4 members (excludes halogenated alkanes) is 13. The van der Waals surface area contributed by atoms with Gasteiger partial charge in [0.15, 0.2) is 0 Å². The lowest BCUT2D eigenvalue weighted by molar-refractivity contribution is 0.103. The van der Waals surface area contributed by atoms with Gasteiger partial charge in [0.05, 0.1) is 0 Å². The molecule has 0 bridgehead atoms. The van der Waals surface area contributed by atoms with Gasteiger partial charge in [-0.25, -0.2) is 0 Å². The van der Waals surface area contributed by atoms with Gasteiger partial charge in [-0.3, -0.25) is 0 Å². The summed E-state index contributed by atoms with van der Waals surface area (Å²) in [5.41, 5.74) is -0.510. The Hall–Kier alpha value is -1.20. The molecule has 0 fully saturated rings. The molecule has 6 heteroatoms. The largest absolute Gasteiger partial charge is 0.349 e. The number of fused-ring (bicyclic) bond motifs is 1. The van der Waals surface area contributed by atoms with Crippen LogP contribution >= 0.6 is 0 Å². The fourth-order valence-corrected chi connectivity index (χ4v) is 3.89. The SMILES string of the molecule is CCCCCCCCCCCCCCCCC1N=NC12N=NC21N=N1. The van der Waals surface area contributed by atoms with Gasteiger partial charge in [-0.05, 0) is 6.42 Å². The van der Waals surface area contributed by atoms with E-state index in [4.69, 9.17) is 0 Å². The lowest BCUT2D eigenvalue weighted by Crippen LogP contribution is -2.59. The molecular weight excluding hydrogens is 312 g/mol. The van der Waals surface area contributed by atoms with Crippen LogP contribution < -0.4 is 0 Å². The summed E-state index contributed by atoms with van der Waals surface area (Å²) in [4.78, 5) is 0. The molecule has 25 heavy (non-hydrogen) atoms. The third kappa shape index (κ3) is 4.32. The maximum atomic E-state index is 4.23. The van der Waals surface area contributed by atoms with Crippen LogP contribution in [0.25, 0.3) is 0 Å². The molecule has 0 amide bonds. The van der Waals surface area contributed by atoms with E-state index in [9.17, 15) is 0 Å². The zero-order valence-electron chi connectivity index (χ0n) is 15.9. The van der Waals surface area contributed by atoms with Crippen molar-refractivity contribution in [3.8, 4) is 0 Å². The topological polar surface area (TPSA) is 74.2 Å². The van der Waals surface area contributed by atoms with Gasteiger partial charge >= 0.3 is 5.79 Å². The van der Waals surface area contributed by atoms with Crippen LogP contribution in [0.1, 0.15) is 103 Å². The molecular formula is C19H34N6. The molecule has 3 heterocycles. The standard InChI is InChI=1S/C19H34N6/c1-2-3-4-5-6-7-8-9-10-11-12-13-14-15-16-17-18(21-20-17)19(23-22-18)24-25-19/h17H,2-16H2,1H3. The summed E-state index contributed by atoms with van der Waals surface area (Å²) in [5.74, 6) is -0.630. The van der Waals surface area contributed by atoms with Crippen LogP contribution in [-0.4, -0.2) is 17.5 Å². The van der Waals surface area contributed by atoms with Crippen LogP contribution in [-0.2, 0) is 0 Å². The molecule has 0 aromatic heterocycles. The Morgan fingerprint density at radius 1 is 0.560 bits per heavy atom. The fourth-order valence-electron chi connectivity index (χ4n) is 3.89. The van der Waals surface area contributed by atoms with E-state index in [1.54, 1.807) is 0 Å². The zero-order chi connectivity index (χ0) is 17.4. The highest BCUT2D eigenvalue weighted by atomic mass is 15.7. The second-order valence-corrected chi connectivity index (χ2v) is 7.88. The fraction of sp³-hybridized carbons (Fsp3) is 1.00. The first-order valence-corrected chi connectivity index (χ1v) is 10.6. The van der Waals surface area contributed by atoms with Gasteiger partial charge in [0, 0.05) is 0 Å². The van der Waals surface area contributed by atoms with E-state index in [0.29, 0.717) is 0 Å². The maximum Gasteiger partial charge on any atom is 0.349 e. The summed E-state index contributed by atoms with van der Waals surface area (Å²) in [6, 6.07) is 0.164. The minimum Gasteiger partial charge on any atom is -0.183 e. The highest BCUT2D eigenvalue weighted by molar-refractivity contribution is 5.24. The van der Waals surface area contributed by atoms with Gasteiger partial charge in [-0.2, -0.15) is 10.2 Å². The van der Waals surface area contributed by atoms with Crippen molar-refractivity contribution in [1.29, 1.82) is 0 Å². The van der Waals surface area contributed by atoms with E-state index in [1.807, 2.05) is 0 Å². The first-order chi connectivity index (χ1) is 12.3. The predicted octanol–water partition coefficient (Wildman–Crippen LogP) is 6.97. The van der Waals surface area contributed by atoms with Crippen molar-refractivity contribution in [2.75, 3.05) is 0 Å². The first-order valence-electron chi connectivity index (χ1n) is 10.6. The van der Waals surface area contributed by atoms with Crippen molar-refractivity contribution in [3.05, 3.63) is 0 Å². The molecule has 2 unspecified atom stereocenters. The van der Waals surface area contributed by atoms with Crippen LogP contribution in [0.5, 0.6) is 0 Å². The molecule has 2 atom stereocenters. The Balaban J connectivity index is 1.07. The minimum absolute atomic E-state index is 0.164. The monoisotopic (exact) mass is 346 g/mol. The number of hydrogen-bond donors (Lipinski definition) is 0. The van der Waals surface area contributed by atoms with E-state index in [0.717, 1.165) is 6.42 Å². The number of nitrogens with zero attached hydrogens (tertiary/aromatic N) is 6. The Morgan fingerprint density at radius 2 is 1.04 bits per heavy atom. The molecule has 0 aromatic rings. The van der Waals surface area contributed by atoms with Crippen molar-refractivity contribution >= 4 is 0 Å². The van der Waals surface area contributed by atoms with Gasteiger partial charge in [-0.1, -0.05) is 96.8 Å². The normalized spacial score (nSPS) is 27.0. The smallest absolute Gasteiger partial charge is 0.183 e. The van der Waals surface area contributed by atoms with Crippen molar-refractivity contribution in [2.24, 2.45) is 30.7 Å². The molecule has 0 aromatic carbocycles. The van der Waals surface area contributed by atoms with Crippen LogP contribution in [0.15, 0.2) is 30.7 Å². The zero-order valence-corrected chi connectivity index (χ0v) is 15.9. The molecule has 0 aliphatic carbocycles. The molecule has 3 rings (SSSR count). The molecule has 0 radical (unpaired) electrons. The summed E-state index contributed by atoms with van der Waals surface area (Å²) in [5, 5.41) is 24.5. The summed E-state index contributed by atoms with van der Waals surface area (Å²) >= 11 is 0. The Morgan fingerprint density at radius 3 is 1.40 bits per heavy atom. The Labute approximate surface area is 152 Å². The number of azo groups is 2. The van der Waals surface area contributed by atoms with E-state index < -0.39 is 11.4 Å². The predicted molar refractivity (Wildman–Crippen MR) is 98.7 cm³/mol. The minimum atomic E-state index is -0.630. The van der Waals surface area contributed by atoms with Gasteiger partial charge in [0.25, 0.3) is 5.66 Å². The quantitative estimate of drug-likeness (QED) is 0.287. The van der Waals surface area contributed by atoms with Crippen LogP contribution in [0.3, 0.4) is 0 Å². The highest BCUT2D eigenvalue weighted by Crippen LogP contribution is 2.58. The first kappa shape index (κ1) is 18.6. The summed E-state index contributed by atoms with van der Waals surface area (Å²) in [6.45, 7) is 2.28. The number of hydrogen-bond acceptors (Lipinski definition) is 6. The Bertz CT molecular complexity index is 494. The van der Waals surface area contributed by atoms with Crippen molar-refractivity contribution in [2.45, 2.75) is 121 Å². The average molecular weight is 347 g/mol. The van der Waals surface area contributed by atoms with E-state index >= 15 is 0 Å². The lowest BCUT2D eigenvalue weighted by atomic mass is 9.87. The maximum absolute atomic E-state index is 4.23. The third-order valence-electron chi connectivity index (χ3n) is 5.77. The van der Waals surface area contributed by atoms with Gasteiger partial charge in [-0.15, -0.1) is 20.5 Å². The van der Waals surface area contributed by atoms with E-state index in [-0.39, 0.29) is 6.04 Å². The van der Waals surface area contributed by atoms with Gasteiger partial charge < -0.3 is 0 Å². The second kappa shape index (κ2) is 8.95. The van der Waals surface area contributed by atoms with Crippen molar-refractivity contribution < 1.29 is 0 Å². The highest BCUT2D eigenvalue weighted by Gasteiger charge is 2.75. The molecule has 3 aliphatic heterocycles. The van der Waals surface area contributed by atoms with Crippen molar-refractivity contribution in [1.82, 2.24) is 0 Å². The molecule has 140 valence electrons. The molecule has 0 N–H and O–H groups in total. The van der Waals surface area contributed by atoms with E-state index in [1.165, 1.54) is 89.9 Å². The second-order valence-electron chi connectivity index (χ2n) is 7.88. The molecule has 0 saturated carbocycles. The van der Waals surface area contributed by atoms with E-state index in [2.05, 4.69) is 37.6 Å². The molecule has 2 spiro atoms. The van der Waals surface area contributed by atoms with Crippen LogP contribution in [0.2, 0.25) is 0 Å². The van der Waals surface area contributed by atoms with Gasteiger partial charge in [0.2, 0.25) is 0 Å². The average Bonchev–Trinajstić information content (AvgIpc) is 3.39. The van der Waals surface area contributed by atoms with Crippen LogP contribution in [0.4, 0.5) is 0 Å². The molecule has 0 saturated heterocycles. The lowest BCUT2D eigenvalue weighted by Gasteiger charge is -2.41. The third-order valence-corrected chi connectivity index (χ3v) is 5.77. The van der Waals surface area contributed by atoms with Gasteiger partial charge in [0.1, 0.15) is 6.04 Å². The van der Waals surface area contributed by atoms with Crippen LogP contribution in [0, 0.1) is 0 Å². The summed E-state index contributed by atoms with van der Waals surface area (Å²) in [6.07, 6.45) is 20.5. The number of rotatable bonds is 15. The Kier molecular flexibility index (Phi) is 6.65. The summed E-state index contributed by atoms with van der Waals surface area (Å²) < 4.78 is 0. The molecule has 3 aliphatic rings. The summed E-state index contributed by atoms with van der Waals surface area (Å²) in [7, 11) is 0. The van der Waals surface area contributed by atoms with Crippen molar-refractivity contribution in [3.63, 3.8) is 0 Å². The molecule has 6 nitrogen and oxygen atoms in total.